The van der Waals surface area contributed by atoms with Gasteiger partial charge in [0.25, 0.3) is 0 Å². The number of tetrazole rings is 1. The third-order valence-electron chi connectivity index (χ3n) is 4.00. The number of likely N-dealkylation sites (N-methyl/N-ethyl adjacent to an activating group) is 1. The molecule has 1 aromatic heterocycles. The zero-order valence-electron chi connectivity index (χ0n) is 13.8. The molecule has 128 valence electrons. The summed E-state index contributed by atoms with van der Waals surface area (Å²) in [6.07, 6.45) is 0. The molecule has 24 heavy (non-hydrogen) atoms. The average Bonchev–Trinajstić information content (AvgIpc) is 3.05. The fourth-order valence-corrected chi connectivity index (χ4v) is 2.90. The number of nitrogens with zero attached hydrogens (tertiary/aromatic N) is 5. The van der Waals surface area contributed by atoms with Crippen molar-refractivity contribution in [3.63, 3.8) is 0 Å². The molecule has 1 aliphatic heterocycles. The molecule has 3 rings (SSSR count). The maximum atomic E-state index is 11.9. The first-order chi connectivity index (χ1) is 11.8. The van der Waals surface area contributed by atoms with Crippen molar-refractivity contribution >= 4 is 5.91 Å². The first-order valence-corrected chi connectivity index (χ1v) is 8.19. The summed E-state index contributed by atoms with van der Waals surface area (Å²) in [5, 5.41) is 14.8. The van der Waals surface area contributed by atoms with E-state index in [9.17, 15) is 4.79 Å². The summed E-state index contributed by atoms with van der Waals surface area (Å²) < 4.78 is 7.05. The second-order valence-corrected chi connectivity index (χ2v) is 5.61. The highest BCUT2D eigenvalue weighted by Gasteiger charge is 2.29. The van der Waals surface area contributed by atoms with E-state index in [4.69, 9.17) is 4.74 Å². The van der Waals surface area contributed by atoms with E-state index < -0.39 is 0 Å². The van der Waals surface area contributed by atoms with Gasteiger partial charge >= 0.3 is 0 Å². The van der Waals surface area contributed by atoms with Crippen LogP contribution in [0.1, 0.15) is 24.4 Å². The highest BCUT2D eigenvalue weighted by molar-refractivity contribution is 5.75. The van der Waals surface area contributed by atoms with Crippen LogP contribution in [0.5, 0.6) is 0 Å². The number of hydrogen-bond acceptors (Lipinski definition) is 6. The summed E-state index contributed by atoms with van der Waals surface area (Å²) in [4.78, 5) is 14.2. The molecule has 1 atom stereocenters. The van der Waals surface area contributed by atoms with Crippen molar-refractivity contribution < 1.29 is 9.53 Å². The van der Waals surface area contributed by atoms with Gasteiger partial charge in [0.2, 0.25) is 5.91 Å². The molecule has 1 amide bonds. The van der Waals surface area contributed by atoms with Crippen LogP contribution in [0.4, 0.5) is 0 Å². The lowest BCUT2D eigenvalue weighted by molar-refractivity contribution is -0.121. The van der Waals surface area contributed by atoms with Crippen molar-refractivity contribution in [2.75, 3.05) is 32.8 Å². The zero-order chi connectivity index (χ0) is 16.8. The quantitative estimate of drug-likeness (QED) is 0.816. The number of carbonyl (C=O) groups is 1. The number of ether oxygens (including phenoxy) is 1. The van der Waals surface area contributed by atoms with Crippen molar-refractivity contribution in [1.29, 1.82) is 0 Å². The van der Waals surface area contributed by atoms with Crippen LogP contribution < -0.4 is 5.32 Å². The number of morpholine rings is 1. The predicted molar refractivity (Wildman–Crippen MR) is 87.2 cm³/mol. The van der Waals surface area contributed by atoms with E-state index in [2.05, 4.69) is 37.9 Å². The Morgan fingerprint density at radius 1 is 1.29 bits per heavy atom. The first-order valence-electron chi connectivity index (χ1n) is 8.19. The van der Waals surface area contributed by atoms with Crippen molar-refractivity contribution in [1.82, 2.24) is 30.4 Å². The minimum absolute atomic E-state index is 0.0974. The fraction of sp³-hybridized carbons (Fsp3) is 0.500. The zero-order valence-corrected chi connectivity index (χ0v) is 13.8. The molecule has 1 saturated heterocycles. The van der Waals surface area contributed by atoms with Gasteiger partial charge in [-0.15, -0.1) is 5.10 Å². The molecule has 0 saturated carbocycles. The molecule has 1 aliphatic rings. The van der Waals surface area contributed by atoms with Crippen LogP contribution in [-0.4, -0.2) is 63.9 Å². The number of rotatable bonds is 6. The minimum atomic E-state index is -0.0977. The molecule has 2 heterocycles. The first kappa shape index (κ1) is 16.5. The summed E-state index contributed by atoms with van der Waals surface area (Å²) in [5.74, 6) is 0.578. The maximum absolute atomic E-state index is 11.9. The summed E-state index contributed by atoms with van der Waals surface area (Å²) in [7, 11) is 0. The van der Waals surface area contributed by atoms with E-state index in [1.54, 1.807) is 4.68 Å². The SMILES string of the molecule is CCNC(=O)Cn1nnnc1[C@@H](c1ccccc1)N1CCOCC1. The van der Waals surface area contributed by atoms with Gasteiger partial charge in [-0.1, -0.05) is 30.3 Å². The predicted octanol–water partition coefficient (Wildman–Crippen LogP) is 0.231. The highest BCUT2D eigenvalue weighted by Crippen LogP contribution is 2.27. The summed E-state index contributed by atoms with van der Waals surface area (Å²) in [5.41, 5.74) is 1.10. The molecule has 0 bridgehead atoms. The Kier molecular flexibility index (Phi) is 5.50. The van der Waals surface area contributed by atoms with Gasteiger partial charge in [-0.05, 0) is 22.9 Å². The van der Waals surface area contributed by atoms with Gasteiger partial charge in [-0.2, -0.15) is 0 Å². The van der Waals surface area contributed by atoms with Crippen LogP contribution in [0, 0.1) is 0 Å². The Labute approximate surface area is 140 Å². The number of nitrogens with one attached hydrogen (secondary N) is 1. The molecule has 0 unspecified atom stereocenters. The molecule has 0 radical (unpaired) electrons. The normalized spacial score (nSPS) is 16.7. The minimum Gasteiger partial charge on any atom is -0.379 e. The lowest BCUT2D eigenvalue weighted by Gasteiger charge is -2.33. The van der Waals surface area contributed by atoms with Crippen LogP contribution in [0.15, 0.2) is 30.3 Å². The van der Waals surface area contributed by atoms with Gasteiger partial charge in [-0.25, -0.2) is 4.68 Å². The summed E-state index contributed by atoms with van der Waals surface area (Å²) in [6, 6.07) is 10.0. The van der Waals surface area contributed by atoms with Gasteiger partial charge < -0.3 is 10.1 Å². The van der Waals surface area contributed by atoms with Crippen LogP contribution in [0.25, 0.3) is 0 Å². The maximum Gasteiger partial charge on any atom is 0.241 e. The van der Waals surface area contributed by atoms with Crippen molar-refractivity contribution in [3.8, 4) is 0 Å². The number of benzene rings is 1. The number of aromatic nitrogens is 4. The second-order valence-electron chi connectivity index (χ2n) is 5.61. The molecule has 1 aromatic carbocycles. The molecule has 2 aromatic rings. The molecule has 1 fully saturated rings. The van der Waals surface area contributed by atoms with Crippen LogP contribution in [0.2, 0.25) is 0 Å². The largest absolute Gasteiger partial charge is 0.379 e. The Balaban J connectivity index is 1.91. The van der Waals surface area contributed by atoms with Gasteiger partial charge in [-0.3, -0.25) is 9.69 Å². The van der Waals surface area contributed by atoms with E-state index in [1.165, 1.54) is 0 Å². The van der Waals surface area contributed by atoms with E-state index in [0.717, 1.165) is 18.7 Å². The van der Waals surface area contributed by atoms with E-state index >= 15 is 0 Å². The Hall–Kier alpha value is -2.32. The Morgan fingerprint density at radius 2 is 2.04 bits per heavy atom. The molecule has 8 nitrogen and oxygen atoms in total. The van der Waals surface area contributed by atoms with Gasteiger partial charge in [0.05, 0.1) is 19.3 Å². The lowest BCUT2D eigenvalue weighted by atomic mass is 10.0. The van der Waals surface area contributed by atoms with E-state index in [0.29, 0.717) is 25.6 Å². The van der Waals surface area contributed by atoms with Gasteiger partial charge in [0, 0.05) is 19.6 Å². The van der Waals surface area contributed by atoms with Crippen molar-refractivity contribution in [3.05, 3.63) is 41.7 Å². The lowest BCUT2D eigenvalue weighted by Crippen LogP contribution is -2.41. The number of carbonyl (C=O) groups excluding carboxylic acids is 1. The fourth-order valence-electron chi connectivity index (χ4n) is 2.90. The molecular weight excluding hydrogens is 308 g/mol. The van der Waals surface area contributed by atoms with Crippen LogP contribution >= 0.6 is 0 Å². The summed E-state index contributed by atoms with van der Waals surface area (Å²) in [6.45, 7) is 5.55. The van der Waals surface area contributed by atoms with Gasteiger partial charge in [0.1, 0.15) is 6.54 Å². The number of amides is 1. The Morgan fingerprint density at radius 3 is 2.75 bits per heavy atom. The molecular formula is C16H22N6O2. The number of hydrogen-bond donors (Lipinski definition) is 1. The smallest absolute Gasteiger partial charge is 0.241 e. The van der Waals surface area contributed by atoms with Crippen molar-refractivity contribution in [2.45, 2.75) is 19.5 Å². The molecule has 0 aliphatic carbocycles. The van der Waals surface area contributed by atoms with Crippen LogP contribution in [0.3, 0.4) is 0 Å². The topological polar surface area (TPSA) is 85.2 Å². The van der Waals surface area contributed by atoms with E-state index in [1.807, 2.05) is 25.1 Å². The van der Waals surface area contributed by atoms with Crippen LogP contribution in [-0.2, 0) is 16.1 Å². The molecule has 8 heteroatoms. The standard InChI is InChI=1S/C16H22N6O2/c1-2-17-14(23)12-22-16(18-19-20-22)15(13-6-4-3-5-7-13)21-8-10-24-11-9-21/h3-7,15H,2,8-12H2,1H3,(H,17,23)/t15-/m1/s1. The summed E-state index contributed by atoms with van der Waals surface area (Å²) >= 11 is 0. The van der Waals surface area contributed by atoms with E-state index in [-0.39, 0.29) is 18.5 Å². The monoisotopic (exact) mass is 330 g/mol. The highest BCUT2D eigenvalue weighted by atomic mass is 16.5. The van der Waals surface area contributed by atoms with Gasteiger partial charge in [0.15, 0.2) is 5.82 Å². The third-order valence-corrected chi connectivity index (χ3v) is 4.00. The molecule has 0 spiro atoms. The second kappa shape index (κ2) is 7.98. The molecule has 1 N–H and O–H groups in total. The average molecular weight is 330 g/mol. The van der Waals surface area contributed by atoms with Crippen molar-refractivity contribution in [2.24, 2.45) is 0 Å². The third kappa shape index (κ3) is 3.77. The Bertz CT molecular complexity index is 654.